The molecule has 3 heterocycles. The maximum Gasteiger partial charge on any atom is 0.260 e. The standard InChI is InChI=1S/C20H23N3OS/c1-4-14-7-6-13(3)23(10-14)11-17-21-19(24)18-15-8-5-12(2)9-16(15)25-20(18)22-17/h6-7,10,12H,4-5,8-9,11H2,1-3H3/p+1/t12-/m1/s1. The Hall–Kier alpha value is -2.01. The van der Waals surface area contributed by atoms with Crippen LogP contribution in [0.15, 0.2) is 23.1 Å². The molecule has 1 atom stereocenters. The average Bonchev–Trinajstić information content (AvgIpc) is 2.94. The predicted octanol–water partition coefficient (Wildman–Crippen LogP) is 3.32. The first-order valence-electron chi connectivity index (χ1n) is 9.07. The molecule has 5 heteroatoms. The number of hydrogen-bond donors (Lipinski definition) is 1. The number of nitrogens with one attached hydrogen (secondary N) is 1. The van der Waals surface area contributed by atoms with Gasteiger partial charge >= 0.3 is 0 Å². The second-order valence-corrected chi connectivity index (χ2v) is 8.29. The Labute approximate surface area is 151 Å². The Bertz CT molecular complexity index is 1000. The number of aryl methyl sites for hydroxylation is 3. The molecule has 0 fully saturated rings. The van der Waals surface area contributed by atoms with Crippen molar-refractivity contribution >= 4 is 21.6 Å². The van der Waals surface area contributed by atoms with Crippen LogP contribution in [0.25, 0.3) is 10.2 Å². The lowest BCUT2D eigenvalue weighted by Crippen LogP contribution is -2.39. The maximum absolute atomic E-state index is 12.7. The predicted molar refractivity (Wildman–Crippen MR) is 101 cm³/mol. The topological polar surface area (TPSA) is 49.6 Å². The zero-order valence-corrected chi connectivity index (χ0v) is 15.9. The SMILES string of the molecule is CCc1ccc(C)[n+](Cc2nc3sc4c(c3c(=O)[nH]2)CC[C@@H](C)C4)c1. The Morgan fingerprint density at radius 1 is 1.40 bits per heavy atom. The molecule has 0 radical (unpaired) electrons. The molecule has 0 aromatic carbocycles. The number of nitrogens with zero attached hydrogens (tertiary/aromatic N) is 2. The number of hydrogen-bond acceptors (Lipinski definition) is 3. The van der Waals surface area contributed by atoms with E-state index in [4.69, 9.17) is 4.98 Å². The molecule has 0 aliphatic heterocycles. The summed E-state index contributed by atoms with van der Waals surface area (Å²) in [6.45, 7) is 7.13. The summed E-state index contributed by atoms with van der Waals surface area (Å²) in [6, 6.07) is 4.28. The minimum Gasteiger partial charge on any atom is -0.305 e. The fourth-order valence-electron chi connectivity index (χ4n) is 3.68. The second kappa shape index (κ2) is 6.37. The summed E-state index contributed by atoms with van der Waals surface area (Å²) >= 11 is 1.71. The molecule has 3 aromatic rings. The van der Waals surface area contributed by atoms with Gasteiger partial charge in [0, 0.05) is 23.4 Å². The molecule has 25 heavy (non-hydrogen) atoms. The van der Waals surface area contributed by atoms with Crippen LogP contribution in [0.3, 0.4) is 0 Å². The van der Waals surface area contributed by atoms with Gasteiger partial charge in [0.2, 0.25) is 6.54 Å². The molecule has 0 unspecified atom stereocenters. The number of aromatic nitrogens is 3. The molecule has 1 aliphatic rings. The van der Waals surface area contributed by atoms with Crippen molar-refractivity contribution in [2.45, 2.75) is 53.0 Å². The highest BCUT2D eigenvalue weighted by Crippen LogP contribution is 2.35. The lowest BCUT2D eigenvalue weighted by molar-refractivity contribution is -0.695. The van der Waals surface area contributed by atoms with Gasteiger partial charge in [0.15, 0.2) is 17.7 Å². The molecule has 0 bridgehead atoms. The first-order chi connectivity index (χ1) is 12.0. The van der Waals surface area contributed by atoms with E-state index in [1.807, 2.05) is 0 Å². The van der Waals surface area contributed by atoms with Crippen LogP contribution in [0, 0.1) is 12.8 Å². The van der Waals surface area contributed by atoms with Gasteiger partial charge in [-0.2, -0.15) is 4.57 Å². The van der Waals surface area contributed by atoms with Crippen LogP contribution >= 0.6 is 11.3 Å². The Morgan fingerprint density at radius 3 is 3.04 bits per heavy atom. The third-order valence-electron chi connectivity index (χ3n) is 5.26. The summed E-state index contributed by atoms with van der Waals surface area (Å²) in [6.07, 6.45) is 6.41. The number of pyridine rings is 1. The lowest BCUT2D eigenvalue weighted by Gasteiger charge is -2.17. The van der Waals surface area contributed by atoms with Crippen molar-refractivity contribution in [3.8, 4) is 0 Å². The summed E-state index contributed by atoms with van der Waals surface area (Å²) in [5.41, 5.74) is 3.72. The van der Waals surface area contributed by atoms with E-state index < -0.39 is 0 Å². The highest BCUT2D eigenvalue weighted by atomic mass is 32.1. The van der Waals surface area contributed by atoms with Crippen molar-refractivity contribution in [1.29, 1.82) is 0 Å². The largest absolute Gasteiger partial charge is 0.305 e. The summed E-state index contributed by atoms with van der Waals surface area (Å²) in [5.74, 6) is 1.44. The van der Waals surface area contributed by atoms with E-state index in [-0.39, 0.29) is 5.56 Å². The quantitative estimate of drug-likeness (QED) is 0.734. The van der Waals surface area contributed by atoms with Gasteiger partial charge < -0.3 is 4.98 Å². The third-order valence-corrected chi connectivity index (χ3v) is 6.40. The van der Waals surface area contributed by atoms with E-state index in [1.54, 1.807) is 11.3 Å². The van der Waals surface area contributed by atoms with E-state index in [9.17, 15) is 4.79 Å². The highest BCUT2D eigenvalue weighted by molar-refractivity contribution is 7.18. The van der Waals surface area contributed by atoms with E-state index in [1.165, 1.54) is 28.1 Å². The third kappa shape index (κ3) is 3.01. The van der Waals surface area contributed by atoms with Gasteiger partial charge in [-0.1, -0.05) is 13.8 Å². The minimum atomic E-state index is 0.0250. The van der Waals surface area contributed by atoms with Crippen LogP contribution < -0.4 is 10.1 Å². The summed E-state index contributed by atoms with van der Waals surface area (Å²) in [7, 11) is 0. The first kappa shape index (κ1) is 16.5. The molecule has 4 nitrogen and oxygen atoms in total. The average molecular weight is 354 g/mol. The van der Waals surface area contributed by atoms with Crippen molar-refractivity contribution in [3.05, 3.63) is 56.2 Å². The van der Waals surface area contributed by atoms with Gasteiger partial charge in [0.05, 0.1) is 5.39 Å². The van der Waals surface area contributed by atoms with Gasteiger partial charge in [0.25, 0.3) is 5.56 Å². The fourth-order valence-corrected chi connectivity index (χ4v) is 5.08. The Kier molecular flexibility index (Phi) is 4.20. The maximum atomic E-state index is 12.7. The molecule has 4 rings (SSSR count). The molecule has 0 spiro atoms. The molecule has 0 saturated heterocycles. The van der Waals surface area contributed by atoms with Gasteiger partial charge in [-0.15, -0.1) is 11.3 Å². The first-order valence-corrected chi connectivity index (χ1v) is 9.89. The molecular weight excluding hydrogens is 330 g/mol. The van der Waals surface area contributed by atoms with Crippen molar-refractivity contribution in [2.24, 2.45) is 5.92 Å². The second-order valence-electron chi connectivity index (χ2n) is 7.20. The van der Waals surface area contributed by atoms with Gasteiger partial charge in [-0.25, -0.2) is 4.98 Å². The van der Waals surface area contributed by atoms with E-state index in [0.29, 0.717) is 12.5 Å². The summed E-state index contributed by atoms with van der Waals surface area (Å²) in [4.78, 5) is 22.8. The summed E-state index contributed by atoms with van der Waals surface area (Å²) in [5, 5.41) is 0.833. The Balaban J connectivity index is 1.76. The van der Waals surface area contributed by atoms with Gasteiger partial charge in [-0.3, -0.25) is 4.79 Å². The monoisotopic (exact) mass is 354 g/mol. The number of thiophene rings is 1. The van der Waals surface area contributed by atoms with Crippen LogP contribution in [0.2, 0.25) is 0 Å². The molecular formula is C20H24N3OS+. The molecule has 0 saturated carbocycles. The zero-order valence-electron chi connectivity index (χ0n) is 15.1. The van der Waals surface area contributed by atoms with E-state index >= 15 is 0 Å². The van der Waals surface area contributed by atoms with Crippen molar-refractivity contribution in [2.75, 3.05) is 0 Å². The van der Waals surface area contributed by atoms with E-state index in [0.717, 1.165) is 35.3 Å². The number of rotatable bonds is 3. The van der Waals surface area contributed by atoms with Crippen LogP contribution in [0.5, 0.6) is 0 Å². The normalized spacial score (nSPS) is 17.0. The van der Waals surface area contributed by atoms with Crippen molar-refractivity contribution < 1.29 is 4.57 Å². The summed E-state index contributed by atoms with van der Waals surface area (Å²) < 4.78 is 2.17. The molecule has 3 aromatic heterocycles. The van der Waals surface area contributed by atoms with Gasteiger partial charge in [0.1, 0.15) is 4.83 Å². The molecule has 1 aliphatic carbocycles. The van der Waals surface area contributed by atoms with E-state index in [2.05, 4.69) is 48.7 Å². The van der Waals surface area contributed by atoms with Crippen LogP contribution in [0.1, 0.15) is 47.8 Å². The lowest BCUT2D eigenvalue weighted by atomic mass is 9.89. The van der Waals surface area contributed by atoms with Crippen LogP contribution in [-0.4, -0.2) is 9.97 Å². The van der Waals surface area contributed by atoms with Crippen LogP contribution in [-0.2, 0) is 25.8 Å². The van der Waals surface area contributed by atoms with Gasteiger partial charge in [-0.05, 0) is 43.2 Å². The highest BCUT2D eigenvalue weighted by Gasteiger charge is 2.23. The number of H-pyrrole nitrogens is 1. The Morgan fingerprint density at radius 2 is 2.24 bits per heavy atom. The zero-order chi connectivity index (χ0) is 17.6. The molecule has 1 N–H and O–H groups in total. The van der Waals surface area contributed by atoms with Crippen molar-refractivity contribution in [3.63, 3.8) is 0 Å². The minimum absolute atomic E-state index is 0.0250. The molecule has 130 valence electrons. The van der Waals surface area contributed by atoms with Crippen LogP contribution in [0.4, 0.5) is 0 Å². The number of fused-ring (bicyclic) bond motifs is 3. The fraction of sp³-hybridized carbons (Fsp3) is 0.450. The van der Waals surface area contributed by atoms with Crippen molar-refractivity contribution in [1.82, 2.24) is 9.97 Å². The molecule has 0 amide bonds. The smallest absolute Gasteiger partial charge is 0.260 e. The number of aromatic amines is 1.